The minimum absolute atomic E-state index is 0.423. The van der Waals surface area contributed by atoms with Crippen LogP contribution in [0.15, 0.2) is 0 Å². The standard InChI is InChI=1S/C10H23NS/c1-4-5-10(11)8-12-7-6-9(2)3/h9-10H,4-8,11H2,1-3H3. The lowest BCUT2D eigenvalue weighted by atomic mass is 10.2. The van der Waals surface area contributed by atoms with E-state index in [4.69, 9.17) is 5.73 Å². The molecular weight excluding hydrogens is 166 g/mol. The lowest BCUT2D eigenvalue weighted by molar-refractivity contribution is 0.629. The van der Waals surface area contributed by atoms with Crippen LogP contribution in [-0.4, -0.2) is 17.5 Å². The lowest BCUT2D eigenvalue weighted by Crippen LogP contribution is -2.22. The van der Waals surface area contributed by atoms with Crippen LogP contribution in [0.4, 0.5) is 0 Å². The summed E-state index contributed by atoms with van der Waals surface area (Å²) in [5, 5.41) is 0. The first kappa shape index (κ1) is 12.3. The largest absolute Gasteiger partial charge is 0.327 e. The molecule has 0 bridgehead atoms. The van der Waals surface area contributed by atoms with Crippen LogP contribution in [0.25, 0.3) is 0 Å². The number of rotatable bonds is 7. The van der Waals surface area contributed by atoms with Crippen LogP contribution >= 0.6 is 11.8 Å². The molecule has 0 aromatic heterocycles. The average molecular weight is 189 g/mol. The van der Waals surface area contributed by atoms with Gasteiger partial charge in [-0.3, -0.25) is 0 Å². The van der Waals surface area contributed by atoms with E-state index < -0.39 is 0 Å². The first-order valence-corrected chi connectivity index (χ1v) is 6.15. The van der Waals surface area contributed by atoms with Crippen LogP contribution < -0.4 is 5.73 Å². The van der Waals surface area contributed by atoms with Gasteiger partial charge in [-0.25, -0.2) is 0 Å². The molecule has 0 fully saturated rings. The molecule has 12 heavy (non-hydrogen) atoms. The van der Waals surface area contributed by atoms with E-state index in [1.165, 1.54) is 25.0 Å². The van der Waals surface area contributed by atoms with Crippen molar-refractivity contribution in [1.29, 1.82) is 0 Å². The molecular formula is C10H23NS. The Morgan fingerprint density at radius 2 is 1.92 bits per heavy atom. The molecule has 74 valence electrons. The van der Waals surface area contributed by atoms with Crippen LogP contribution in [0.5, 0.6) is 0 Å². The SMILES string of the molecule is CCCC(N)CSCCC(C)C. The van der Waals surface area contributed by atoms with Gasteiger partial charge in [0, 0.05) is 11.8 Å². The third kappa shape index (κ3) is 8.41. The van der Waals surface area contributed by atoms with Crippen LogP contribution in [0.2, 0.25) is 0 Å². The zero-order valence-electron chi connectivity index (χ0n) is 8.68. The predicted octanol–water partition coefficient (Wildman–Crippen LogP) is 2.89. The van der Waals surface area contributed by atoms with Crippen LogP contribution in [0.1, 0.15) is 40.0 Å². The van der Waals surface area contributed by atoms with E-state index in [1.807, 2.05) is 11.8 Å². The molecule has 1 unspecified atom stereocenters. The molecule has 0 amide bonds. The Balaban J connectivity index is 3.08. The number of thioether (sulfide) groups is 1. The average Bonchev–Trinajstić information content (AvgIpc) is 1.98. The van der Waals surface area contributed by atoms with Crippen molar-refractivity contribution >= 4 is 11.8 Å². The maximum Gasteiger partial charge on any atom is 0.0130 e. The molecule has 0 aromatic carbocycles. The van der Waals surface area contributed by atoms with Gasteiger partial charge in [-0.1, -0.05) is 27.2 Å². The van der Waals surface area contributed by atoms with Crippen molar-refractivity contribution in [2.45, 2.75) is 46.1 Å². The fraction of sp³-hybridized carbons (Fsp3) is 1.00. The van der Waals surface area contributed by atoms with Gasteiger partial charge in [-0.05, 0) is 24.5 Å². The summed E-state index contributed by atoms with van der Waals surface area (Å²) in [6.45, 7) is 6.73. The topological polar surface area (TPSA) is 26.0 Å². The van der Waals surface area contributed by atoms with Gasteiger partial charge in [0.1, 0.15) is 0 Å². The fourth-order valence-corrected chi connectivity index (χ4v) is 2.28. The van der Waals surface area contributed by atoms with Gasteiger partial charge in [-0.2, -0.15) is 11.8 Å². The molecule has 1 atom stereocenters. The van der Waals surface area contributed by atoms with Gasteiger partial charge < -0.3 is 5.73 Å². The van der Waals surface area contributed by atoms with Gasteiger partial charge in [-0.15, -0.1) is 0 Å². The quantitative estimate of drug-likeness (QED) is 0.623. The zero-order valence-corrected chi connectivity index (χ0v) is 9.49. The molecule has 0 aliphatic carbocycles. The van der Waals surface area contributed by atoms with Crippen molar-refractivity contribution in [3.63, 3.8) is 0 Å². The van der Waals surface area contributed by atoms with Crippen molar-refractivity contribution in [2.24, 2.45) is 11.7 Å². The normalized spacial score (nSPS) is 13.8. The second-order valence-electron chi connectivity index (χ2n) is 3.81. The van der Waals surface area contributed by atoms with Crippen molar-refractivity contribution in [3.05, 3.63) is 0 Å². The van der Waals surface area contributed by atoms with Gasteiger partial charge in [0.25, 0.3) is 0 Å². The third-order valence-corrected chi connectivity index (χ3v) is 3.02. The van der Waals surface area contributed by atoms with Gasteiger partial charge in [0.2, 0.25) is 0 Å². The first-order valence-electron chi connectivity index (χ1n) is 5.00. The predicted molar refractivity (Wildman–Crippen MR) is 59.7 cm³/mol. The maximum atomic E-state index is 5.88. The Morgan fingerprint density at radius 3 is 2.42 bits per heavy atom. The van der Waals surface area contributed by atoms with Crippen molar-refractivity contribution in [1.82, 2.24) is 0 Å². The molecule has 0 aliphatic rings. The zero-order chi connectivity index (χ0) is 9.40. The maximum absolute atomic E-state index is 5.88. The van der Waals surface area contributed by atoms with E-state index >= 15 is 0 Å². The van der Waals surface area contributed by atoms with Crippen LogP contribution in [0.3, 0.4) is 0 Å². The highest BCUT2D eigenvalue weighted by atomic mass is 32.2. The first-order chi connectivity index (χ1) is 5.66. The number of hydrogen-bond acceptors (Lipinski definition) is 2. The molecule has 0 saturated heterocycles. The highest BCUT2D eigenvalue weighted by molar-refractivity contribution is 7.99. The molecule has 0 spiro atoms. The Kier molecular flexibility index (Phi) is 8.14. The van der Waals surface area contributed by atoms with Gasteiger partial charge >= 0.3 is 0 Å². The van der Waals surface area contributed by atoms with E-state index in [-0.39, 0.29) is 0 Å². The molecule has 0 saturated carbocycles. The van der Waals surface area contributed by atoms with Crippen molar-refractivity contribution in [2.75, 3.05) is 11.5 Å². The minimum Gasteiger partial charge on any atom is -0.327 e. The molecule has 0 heterocycles. The monoisotopic (exact) mass is 189 g/mol. The molecule has 0 radical (unpaired) electrons. The van der Waals surface area contributed by atoms with E-state index in [0.717, 1.165) is 11.7 Å². The van der Waals surface area contributed by atoms with Gasteiger partial charge in [0.05, 0.1) is 0 Å². The summed E-state index contributed by atoms with van der Waals surface area (Å²) >= 11 is 2.00. The summed E-state index contributed by atoms with van der Waals surface area (Å²) in [7, 11) is 0. The lowest BCUT2D eigenvalue weighted by Gasteiger charge is -2.10. The second-order valence-corrected chi connectivity index (χ2v) is 4.96. The molecule has 0 aromatic rings. The summed E-state index contributed by atoms with van der Waals surface area (Å²) in [4.78, 5) is 0. The van der Waals surface area contributed by atoms with Gasteiger partial charge in [0.15, 0.2) is 0 Å². The Hall–Kier alpha value is 0.310. The van der Waals surface area contributed by atoms with E-state index in [9.17, 15) is 0 Å². The van der Waals surface area contributed by atoms with E-state index in [1.54, 1.807) is 0 Å². The smallest absolute Gasteiger partial charge is 0.0130 e. The minimum atomic E-state index is 0.423. The molecule has 0 aliphatic heterocycles. The van der Waals surface area contributed by atoms with E-state index in [2.05, 4.69) is 20.8 Å². The van der Waals surface area contributed by atoms with Crippen LogP contribution in [-0.2, 0) is 0 Å². The Bertz CT molecular complexity index is 93.8. The number of nitrogens with two attached hydrogens (primary N) is 1. The highest BCUT2D eigenvalue weighted by Crippen LogP contribution is 2.10. The molecule has 0 rings (SSSR count). The van der Waals surface area contributed by atoms with Crippen molar-refractivity contribution < 1.29 is 0 Å². The summed E-state index contributed by atoms with van der Waals surface area (Å²) in [5.74, 6) is 3.25. The molecule has 1 nitrogen and oxygen atoms in total. The number of hydrogen-bond donors (Lipinski definition) is 1. The Labute approximate surface area is 81.5 Å². The summed E-state index contributed by atoms with van der Waals surface area (Å²) < 4.78 is 0. The summed E-state index contributed by atoms with van der Waals surface area (Å²) in [6, 6.07) is 0.423. The highest BCUT2D eigenvalue weighted by Gasteiger charge is 2.01. The van der Waals surface area contributed by atoms with Crippen molar-refractivity contribution in [3.8, 4) is 0 Å². The Morgan fingerprint density at radius 1 is 1.25 bits per heavy atom. The molecule has 2 heteroatoms. The van der Waals surface area contributed by atoms with Crippen LogP contribution in [0, 0.1) is 5.92 Å². The second kappa shape index (κ2) is 7.93. The summed E-state index contributed by atoms with van der Waals surface area (Å²) in [5.41, 5.74) is 5.88. The third-order valence-electron chi connectivity index (χ3n) is 1.83. The summed E-state index contributed by atoms with van der Waals surface area (Å²) in [6.07, 6.45) is 3.71. The van der Waals surface area contributed by atoms with E-state index in [0.29, 0.717) is 6.04 Å². The molecule has 2 N–H and O–H groups in total. The fourth-order valence-electron chi connectivity index (χ4n) is 1.01.